The molecule has 2 heterocycles. The minimum absolute atomic E-state index is 0.0214. The average Bonchev–Trinajstić information content (AvgIpc) is 2.86. The smallest absolute Gasteiger partial charge is 0.303 e. The number of ketones is 1. The van der Waals surface area contributed by atoms with Crippen molar-refractivity contribution in [1.29, 1.82) is 0 Å². The molecular weight excluding hydrogens is 581 g/mol. The third-order valence-electron chi connectivity index (χ3n) is 6.74. The van der Waals surface area contributed by atoms with Crippen molar-refractivity contribution in [2.24, 2.45) is 4.99 Å². The highest BCUT2D eigenvalue weighted by atomic mass is 35.5. The molecule has 5 atom stereocenters. The van der Waals surface area contributed by atoms with Crippen LogP contribution in [0.5, 0.6) is 5.75 Å². The SMILES string of the molecule is COC[C@H]1O[C@@H](Oc2ccc3c(c2)C(C)(C)C2=C(Cl)C(=O)C(Cl)=CC2=N3)[C@H](OC(C)=O)[C@@H](OC(C)=O)[C@H]1OC(C)=O. The van der Waals surface area contributed by atoms with Crippen molar-refractivity contribution < 1.29 is 47.6 Å². The van der Waals surface area contributed by atoms with Crippen molar-refractivity contribution in [1.82, 2.24) is 0 Å². The number of carbonyl (C=O) groups excluding carboxylic acids is 4. The van der Waals surface area contributed by atoms with E-state index in [2.05, 4.69) is 4.99 Å². The van der Waals surface area contributed by atoms with Crippen LogP contribution in [0.2, 0.25) is 0 Å². The summed E-state index contributed by atoms with van der Waals surface area (Å²) in [4.78, 5) is 53.2. The van der Waals surface area contributed by atoms with E-state index >= 15 is 0 Å². The predicted molar refractivity (Wildman–Crippen MR) is 146 cm³/mol. The Labute approximate surface area is 246 Å². The number of halogens is 2. The van der Waals surface area contributed by atoms with E-state index in [1.807, 2.05) is 13.8 Å². The lowest BCUT2D eigenvalue weighted by molar-refractivity contribution is -0.288. The Morgan fingerprint density at radius 3 is 2.20 bits per heavy atom. The van der Waals surface area contributed by atoms with Crippen molar-refractivity contribution in [3.05, 3.63) is 45.5 Å². The second-order valence-corrected chi connectivity index (χ2v) is 10.9. The van der Waals surface area contributed by atoms with Crippen LogP contribution in [-0.4, -0.2) is 73.8 Å². The van der Waals surface area contributed by atoms with Crippen LogP contribution in [0, 0.1) is 0 Å². The van der Waals surface area contributed by atoms with Crippen LogP contribution in [0.15, 0.2) is 44.9 Å². The number of carbonyl (C=O) groups is 4. The van der Waals surface area contributed by atoms with E-state index in [4.69, 9.17) is 51.6 Å². The first-order chi connectivity index (χ1) is 19.2. The van der Waals surface area contributed by atoms with Gasteiger partial charge in [0.05, 0.1) is 28.1 Å². The molecule has 0 aromatic heterocycles. The summed E-state index contributed by atoms with van der Waals surface area (Å²) in [5.74, 6) is -2.28. The number of hydrogen-bond donors (Lipinski definition) is 0. The van der Waals surface area contributed by atoms with E-state index in [0.29, 0.717) is 22.5 Å². The quantitative estimate of drug-likeness (QED) is 0.255. The van der Waals surface area contributed by atoms with Crippen molar-refractivity contribution in [2.45, 2.75) is 70.7 Å². The fraction of sp³-hybridized carbons (Fsp3) is 0.464. The van der Waals surface area contributed by atoms with Gasteiger partial charge in [-0.2, -0.15) is 0 Å². The first-order valence-electron chi connectivity index (χ1n) is 12.6. The van der Waals surface area contributed by atoms with E-state index in [9.17, 15) is 19.2 Å². The molecule has 13 heteroatoms. The van der Waals surface area contributed by atoms with Crippen LogP contribution in [0.3, 0.4) is 0 Å². The Morgan fingerprint density at radius 1 is 0.976 bits per heavy atom. The maximum Gasteiger partial charge on any atom is 0.303 e. The summed E-state index contributed by atoms with van der Waals surface area (Å²) >= 11 is 12.5. The number of hydrogen-bond acceptors (Lipinski definition) is 11. The molecule has 0 N–H and O–H groups in total. The summed E-state index contributed by atoms with van der Waals surface area (Å²) in [6.07, 6.45) is -4.50. The Hall–Kier alpha value is -3.25. The molecule has 2 aliphatic heterocycles. The molecule has 0 amide bonds. The number of aliphatic imine (C=N–C) groups is 1. The fourth-order valence-electron chi connectivity index (χ4n) is 5.10. The van der Waals surface area contributed by atoms with E-state index in [1.54, 1.807) is 18.2 Å². The van der Waals surface area contributed by atoms with Gasteiger partial charge in [-0.3, -0.25) is 19.2 Å². The highest BCUT2D eigenvalue weighted by Crippen LogP contribution is 2.48. The lowest BCUT2D eigenvalue weighted by atomic mass is 9.71. The summed E-state index contributed by atoms with van der Waals surface area (Å²) in [7, 11) is 1.42. The number of esters is 3. The fourth-order valence-corrected chi connectivity index (χ4v) is 5.79. The normalized spacial score (nSPS) is 26.6. The molecule has 0 bridgehead atoms. The number of benzene rings is 1. The minimum atomic E-state index is -1.32. The highest BCUT2D eigenvalue weighted by Gasteiger charge is 2.53. The molecule has 0 saturated carbocycles. The van der Waals surface area contributed by atoms with Crippen LogP contribution in [0.4, 0.5) is 5.69 Å². The zero-order chi connectivity index (χ0) is 30.2. The molecule has 4 rings (SSSR count). The molecule has 11 nitrogen and oxygen atoms in total. The summed E-state index contributed by atoms with van der Waals surface area (Å²) < 4.78 is 33.9. The number of allylic oxidation sites excluding steroid dienone is 4. The summed E-state index contributed by atoms with van der Waals surface area (Å²) in [5.41, 5.74) is 1.51. The van der Waals surface area contributed by atoms with Gasteiger partial charge < -0.3 is 28.4 Å². The third kappa shape index (κ3) is 6.18. The first kappa shape index (κ1) is 30.7. The van der Waals surface area contributed by atoms with Gasteiger partial charge >= 0.3 is 17.9 Å². The number of Topliss-reactive ketones (excluding diaryl/α,β-unsaturated/α-hetero) is 1. The van der Waals surface area contributed by atoms with Gasteiger partial charge in [0.2, 0.25) is 18.2 Å². The van der Waals surface area contributed by atoms with E-state index in [1.165, 1.54) is 34.0 Å². The van der Waals surface area contributed by atoms with Gasteiger partial charge in [0.25, 0.3) is 0 Å². The van der Waals surface area contributed by atoms with Gasteiger partial charge in [-0.1, -0.05) is 37.0 Å². The maximum absolute atomic E-state index is 12.5. The van der Waals surface area contributed by atoms with Gasteiger partial charge in [0, 0.05) is 38.9 Å². The number of rotatable bonds is 7. The molecule has 0 spiro atoms. The Kier molecular flexibility index (Phi) is 8.93. The minimum Gasteiger partial charge on any atom is -0.461 e. The molecular formula is C28H29Cl2NO10. The summed E-state index contributed by atoms with van der Waals surface area (Å²) in [6.45, 7) is 7.24. The molecule has 220 valence electrons. The standard InChI is InChI=1S/C28H29Cl2NO10/c1-12(32)37-24-20(11-36-6)41-27(26(39-14(3)34)25(24)38-13(2)33)40-15-7-8-18-16(9-15)28(4,5)21-19(31-18)10-17(29)23(35)22(21)30/h7-10,20,24-27H,11H2,1-6H3/t20-,24+,25+,26-,27-/m1/s1. The Bertz CT molecular complexity index is 1380. The van der Waals surface area contributed by atoms with Gasteiger partial charge in [0.1, 0.15) is 11.9 Å². The zero-order valence-electron chi connectivity index (χ0n) is 23.2. The van der Waals surface area contributed by atoms with Gasteiger partial charge in [-0.25, -0.2) is 4.99 Å². The molecule has 41 heavy (non-hydrogen) atoms. The number of ether oxygens (including phenoxy) is 6. The van der Waals surface area contributed by atoms with E-state index < -0.39 is 59.8 Å². The van der Waals surface area contributed by atoms with Crippen LogP contribution in [0.25, 0.3) is 0 Å². The van der Waals surface area contributed by atoms with E-state index in [-0.39, 0.29) is 22.4 Å². The zero-order valence-corrected chi connectivity index (χ0v) is 24.7. The van der Waals surface area contributed by atoms with Crippen molar-refractivity contribution in [3.8, 4) is 5.75 Å². The molecule has 3 aliphatic rings. The second-order valence-electron chi connectivity index (χ2n) is 10.1. The third-order valence-corrected chi connectivity index (χ3v) is 7.38. The van der Waals surface area contributed by atoms with Crippen molar-refractivity contribution in [3.63, 3.8) is 0 Å². The van der Waals surface area contributed by atoms with Gasteiger partial charge in [-0.15, -0.1) is 0 Å². The number of nitrogens with zero attached hydrogens (tertiary/aromatic N) is 1. The largest absolute Gasteiger partial charge is 0.461 e. The average molecular weight is 610 g/mol. The second kappa shape index (κ2) is 11.9. The van der Waals surface area contributed by atoms with Crippen LogP contribution in [0.1, 0.15) is 40.2 Å². The van der Waals surface area contributed by atoms with E-state index in [0.717, 1.165) is 0 Å². The molecule has 1 saturated heterocycles. The van der Waals surface area contributed by atoms with Gasteiger partial charge in [0.15, 0.2) is 12.2 Å². The summed E-state index contributed by atoms with van der Waals surface area (Å²) in [6, 6.07) is 5.05. The molecule has 1 aromatic carbocycles. The molecule has 1 aliphatic carbocycles. The number of methoxy groups -OCH3 is 1. The first-order valence-corrected chi connectivity index (χ1v) is 13.4. The van der Waals surface area contributed by atoms with Crippen LogP contribution < -0.4 is 4.74 Å². The van der Waals surface area contributed by atoms with Crippen LogP contribution >= 0.6 is 23.2 Å². The molecule has 0 radical (unpaired) electrons. The predicted octanol–water partition coefficient (Wildman–Crippen LogP) is 3.79. The highest BCUT2D eigenvalue weighted by molar-refractivity contribution is 6.58. The van der Waals surface area contributed by atoms with Crippen molar-refractivity contribution in [2.75, 3.05) is 13.7 Å². The topological polar surface area (TPSA) is 136 Å². The monoisotopic (exact) mass is 609 g/mol. The molecule has 1 aromatic rings. The maximum atomic E-state index is 12.5. The lowest BCUT2D eigenvalue weighted by Gasteiger charge is -2.44. The van der Waals surface area contributed by atoms with Crippen molar-refractivity contribution >= 4 is 58.3 Å². The van der Waals surface area contributed by atoms with Crippen LogP contribution in [-0.2, 0) is 48.3 Å². The molecule has 0 unspecified atom stereocenters. The Morgan fingerprint density at radius 2 is 1.59 bits per heavy atom. The molecule has 1 fully saturated rings. The number of fused-ring (bicyclic) bond motifs is 2. The van der Waals surface area contributed by atoms with Gasteiger partial charge in [-0.05, 0) is 29.8 Å². The lowest BCUT2D eigenvalue weighted by Crippen LogP contribution is -2.63. The summed E-state index contributed by atoms with van der Waals surface area (Å²) in [5, 5.41) is -0.0467. The Balaban J connectivity index is 1.75.